The number of nitrogens with zero attached hydrogens (tertiary/aromatic N) is 1. The summed E-state index contributed by atoms with van der Waals surface area (Å²) >= 11 is 0. The van der Waals surface area contributed by atoms with E-state index in [1.807, 2.05) is 0 Å². The SMILES string of the molecule is COc1cc[n+]([O-])c(O)c1. The first-order valence-electron chi connectivity index (χ1n) is 2.70. The van der Waals surface area contributed by atoms with E-state index >= 15 is 0 Å². The summed E-state index contributed by atoms with van der Waals surface area (Å²) in [5.41, 5.74) is 0. The lowest BCUT2D eigenvalue weighted by molar-refractivity contribution is -0.613. The highest BCUT2D eigenvalue weighted by atomic mass is 16.5. The third-order valence-electron chi connectivity index (χ3n) is 1.11. The molecule has 0 bridgehead atoms. The fraction of sp³-hybridized carbons (Fsp3) is 0.167. The number of hydrogen-bond donors (Lipinski definition) is 1. The smallest absolute Gasteiger partial charge is 0.380 e. The van der Waals surface area contributed by atoms with Gasteiger partial charge in [0.1, 0.15) is 5.75 Å². The van der Waals surface area contributed by atoms with Crippen molar-refractivity contribution in [1.29, 1.82) is 0 Å². The van der Waals surface area contributed by atoms with Crippen molar-refractivity contribution in [2.45, 2.75) is 0 Å². The van der Waals surface area contributed by atoms with E-state index in [2.05, 4.69) is 0 Å². The van der Waals surface area contributed by atoms with Crippen LogP contribution >= 0.6 is 0 Å². The van der Waals surface area contributed by atoms with Crippen LogP contribution in [0.15, 0.2) is 18.3 Å². The molecule has 10 heavy (non-hydrogen) atoms. The molecule has 0 amide bonds. The lowest BCUT2D eigenvalue weighted by Gasteiger charge is -1.99. The summed E-state index contributed by atoms with van der Waals surface area (Å²) < 4.78 is 5.09. The minimum atomic E-state index is -0.362. The standard InChI is InChI=1S/C6H7NO3/c1-10-5-2-3-7(9)6(8)4-5/h2-4,8H,1H3. The van der Waals surface area contributed by atoms with Gasteiger partial charge in [0.25, 0.3) is 0 Å². The second kappa shape index (κ2) is 2.43. The Balaban J connectivity index is 3.04. The predicted octanol–water partition coefficient (Wildman–Crippen LogP) is 0.0342. The third-order valence-corrected chi connectivity index (χ3v) is 1.11. The molecule has 0 atom stereocenters. The van der Waals surface area contributed by atoms with Gasteiger partial charge in [-0.1, -0.05) is 0 Å². The summed E-state index contributed by atoms with van der Waals surface area (Å²) in [5, 5.41) is 19.3. The van der Waals surface area contributed by atoms with E-state index in [9.17, 15) is 5.21 Å². The second-order valence-electron chi connectivity index (χ2n) is 1.75. The highest BCUT2D eigenvalue weighted by Crippen LogP contribution is 2.11. The van der Waals surface area contributed by atoms with E-state index in [-0.39, 0.29) is 5.88 Å². The van der Waals surface area contributed by atoms with Gasteiger partial charge in [0.15, 0.2) is 6.20 Å². The molecule has 0 fully saturated rings. The Morgan fingerprint density at radius 1 is 1.70 bits per heavy atom. The summed E-state index contributed by atoms with van der Waals surface area (Å²) in [6, 6.07) is 2.71. The first-order valence-corrected chi connectivity index (χ1v) is 2.70. The van der Waals surface area contributed by atoms with E-state index in [4.69, 9.17) is 9.84 Å². The molecular weight excluding hydrogens is 134 g/mol. The molecule has 0 unspecified atom stereocenters. The quantitative estimate of drug-likeness (QED) is 0.443. The molecule has 0 saturated carbocycles. The van der Waals surface area contributed by atoms with Gasteiger partial charge in [-0.25, -0.2) is 0 Å². The largest absolute Gasteiger partial charge is 0.616 e. The van der Waals surface area contributed by atoms with Crippen LogP contribution in [-0.4, -0.2) is 12.2 Å². The first kappa shape index (κ1) is 6.67. The average Bonchev–Trinajstić information content (AvgIpc) is 1.95. The van der Waals surface area contributed by atoms with Gasteiger partial charge in [-0.05, 0) is 0 Å². The fourth-order valence-electron chi connectivity index (χ4n) is 0.583. The Morgan fingerprint density at radius 3 is 2.90 bits per heavy atom. The second-order valence-corrected chi connectivity index (χ2v) is 1.75. The Kier molecular flexibility index (Phi) is 1.62. The molecular formula is C6H7NO3. The highest BCUT2D eigenvalue weighted by Gasteiger charge is 2.01. The minimum Gasteiger partial charge on any atom is -0.616 e. The zero-order valence-electron chi connectivity index (χ0n) is 5.44. The van der Waals surface area contributed by atoms with Gasteiger partial charge < -0.3 is 15.1 Å². The van der Waals surface area contributed by atoms with Crippen LogP contribution in [0.5, 0.6) is 11.6 Å². The number of aromatic nitrogens is 1. The van der Waals surface area contributed by atoms with Gasteiger partial charge in [0.05, 0.1) is 13.2 Å². The fourth-order valence-corrected chi connectivity index (χ4v) is 0.583. The van der Waals surface area contributed by atoms with Crippen LogP contribution in [0.3, 0.4) is 0 Å². The molecule has 54 valence electrons. The van der Waals surface area contributed by atoms with Gasteiger partial charge in [-0.2, -0.15) is 0 Å². The van der Waals surface area contributed by atoms with Crippen molar-refractivity contribution >= 4 is 0 Å². The summed E-state index contributed by atoms with van der Waals surface area (Å²) in [6.45, 7) is 0. The molecule has 1 aromatic heterocycles. The molecule has 0 aliphatic rings. The van der Waals surface area contributed by atoms with Gasteiger partial charge in [0, 0.05) is 6.07 Å². The van der Waals surface area contributed by atoms with Crippen LogP contribution < -0.4 is 9.47 Å². The zero-order valence-corrected chi connectivity index (χ0v) is 5.44. The number of ether oxygens (including phenoxy) is 1. The van der Waals surface area contributed by atoms with Crippen LogP contribution in [0.25, 0.3) is 0 Å². The Hall–Kier alpha value is -1.45. The molecule has 4 nitrogen and oxygen atoms in total. The molecule has 0 aliphatic carbocycles. The van der Waals surface area contributed by atoms with Gasteiger partial charge in [-0.15, -0.1) is 4.73 Å². The molecule has 0 aliphatic heterocycles. The van der Waals surface area contributed by atoms with E-state index in [1.165, 1.54) is 25.4 Å². The molecule has 0 saturated heterocycles. The molecule has 1 aromatic rings. The minimum absolute atomic E-state index is 0.350. The van der Waals surface area contributed by atoms with Crippen LogP contribution in [0.2, 0.25) is 0 Å². The van der Waals surface area contributed by atoms with Gasteiger partial charge >= 0.3 is 5.88 Å². The molecule has 4 heteroatoms. The summed E-state index contributed by atoms with van der Waals surface area (Å²) in [6.07, 6.45) is 1.17. The van der Waals surface area contributed by atoms with Crippen molar-refractivity contribution in [1.82, 2.24) is 0 Å². The lowest BCUT2D eigenvalue weighted by Crippen LogP contribution is -2.24. The number of methoxy groups -OCH3 is 1. The van der Waals surface area contributed by atoms with E-state index < -0.39 is 0 Å². The average molecular weight is 141 g/mol. The maximum atomic E-state index is 10.5. The number of aromatic hydroxyl groups is 1. The predicted molar refractivity (Wildman–Crippen MR) is 33.6 cm³/mol. The van der Waals surface area contributed by atoms with Crippen LogP contribution in [0, 0.1) is 5.21 Å². The molecule has 1 rings (SSSR count). The third kappa shape index (κ3) is 1.10. The van der Waals surface area contributed by atoms with Crippen molar-refractivity contribution in [3.05, 3.63) is 23.5 Å². The van der Waals surface area contributed by atoms with Crippen molar-refractivity contribution in [2.24, 2.45) is 0 Å². The first-order chi connectivity index (χ1) is 4.74. The monoisotopic (exact) mass is 141 g/mol. The van der Waals surface area contributed by atoms with E-state index in [0.717, 1.165) is 0 Å². The highest BCUT2D eigenvalue weighted by molar-refractivity contribution is 5.21. The Labute approximate surface area is 57.9 Å². The van der Waals surface area contributed by atoms with Gasteiger partial charge in [0.2, 0.25) is 0 Å². The Morgan fingerprint density at radius 2 is 2.40 bits per heavy atom. The van der Waals surface area contributed by atoms with Crippen LogP contribution in [0.4, 0.5) is 0 Å². The van der Waals surface area contributed by atoms with Crippen LogP contribution in [-0.2, 0) is 0 Å². The Bertz CT molecular complexity index is 236. The number of rotatable bonds is 1. The summed E-state index contributed by atoms with van der Waals surface area (Å²) in [5.74, 6) is 0.101. The van der Waals surface area contributed by atoms with E-state index in [1.54, 1.807) is 0 Å². The number of hydrogen-bond acceptors (Lipinski definition) is 3. The summed E-state index contributed by atoms with van der Waals surface area (Å²) in [7, 11) is 1.46. The van der Waals surface area contributed by atoms with E-state index in [0.29, 0.717) is 10.5 Å². The molecule has 0 radical (unpaired) electrons. The molecule has 1 heterocycles. The number of pyridine rings is 1. The maximum absolute atomic E-state index is 10.5. The zero-order chi connectivity index (χ0) is 7.56. The van der Waals surface area contributed by atoms with Crippen molar-refractivity contribution in [3.8, 4) is 11.6 Å². The van der Waals surface area contributed by atoms with Crippen molar-refractivity contribution < 1.29 is 14.6 Å². The summed E-state index contributed by atoms with van der Waals surface area (Å²) in [4.78, 5) is 0. The normalized spacial score (nSPS) is 9.30. The lowest BCUT2D eigenvalue weighted by atomic mass is 10.4. The topological polar surface area (TPSA) is 56.4 Å². The molecule has 0 spiro atoms. The molecule has 0 aromatic carbocycles. The van der Waals surface area contributed by atoms with Crippen molar-refractivity contribution in [2.75, 3.05) is 7.11 Å². The van der Waals surface area contributed by atoms with Crippen LogP contribution in [0.1, 0.15) is 0 Å². The molecule has 1 N–H and O–H groups in total. The van der Waals surface area contributed by atoms with Gasteiger partial charge in [-0.3, -0.25) is 0 Å². The maximum Gasteiger partial charge on any atom is 0.380 e. The van der Waals surface area contributed by atoms with Crippen molar-refractivity contribution in [3.63, 3.8) is 0 Å².